The zero-order valence-corrected chi connectivity index (χ0v) is 16.8. The lowest BCUT2D eigenvalue weighted by molar-refractivity contribution is 0.102. The van der Waals surface area contributed by atoms with Crippen LogP contribution in [0.4, 0.5) is 10.5 Å². The third kappa shape index (κ3) is 3.47. The van der Waals surface area contributed by atoms with Crippen molar-refractivity contribution in [2.45, 2.75) is 13.0 Å². The van der Waals surface area contributed by atoms with Crippen LogP contribution in [0.3, 0.4) is 0 Å². The van der Waals surface area contributed by atoms with Crippen LogP contribution in [0.5, 0.6) is 11.8 Å². The highest BCUT2D eigenvalue weighted by Crippen LogP contribution is 2.37. The second-order valence-electron chi connectivity index (χ2n) is 7.46. The monoisotopic (exact) mass is 426 g/mol. The molecule has 0 fully saturated rings. The van der Waals surface area contributed by atoms with E-state index in [1.807, 2.05) is 30.3 Å². The molecule has 0 atom stereocenters. The van der Waals surface area contributed by atoms with Gasteiger partial charge < -0.3 is 15.5 Å². The van der Waals surface area contributed by atoms with E-state index in [1.165, 1.54) is 10.6 Å². The van der Waals surface area contributed by atoms with E-state index in [-0.39, 0.29) is 11.8 Å². The van der Waals surface area contributed by atoms with Crippen molar-refractivity contribution in [2.24, 2.45) is 9.98 Å². The molecule has 0 saturated heterocycles. The lowest BCUT2D eigenvalue weighted by Gasteiger charge is -2.06. The number of aromatic hydroxyl groups is 2. The molecule has 0 aliphatic carbocycles. The minimum Gasteiger partial charge on any atom is -0.494 e. The smallest absolute Gasteiger partial charge is 0.368 e. The SMILES string of the molecule is O=C1N=c2ccc(NC(=O)c3ccc4c(O)n(CCc5ccccc5)c(O)c4c3)cc2=N1. The third-order valence-corrected chi connectivity index (χ3v) is 5.41. The Hall–Kier alpha value is -4.46. The number of hydrogen-bond acceptors (Lipinski definition) is 4. The second-order valence-corrected chi connectivity index (χ2v) is 7.46. The zero-order chi connectivity index (χ0) is 22.2. The summed E-state index contributed by atoms with van der Waals surface area (Å²) >= 11 is 0. The number of aromatic nitrogens is 1. The molecular weight excluding hydrogens is 408 g/mol. The number of hydrogen-bond donors (Lipinski definition) is 3. The van der Waals surface area contributed by atoms with Crippen molar-refractivity contribution < 1.29 is 19.8 Å². The van der Waals surface area contributed by atoms with E-state index in [9.17, 15) is 19.8 Å². The maximum Gasteiger partial charge on any atom is 0.368 e. The Kier molecular flexibility index (Phi) is 4.67. The quantitative estimate of drug-likeness (QED) is 0.455. The Morgan fingerprint density at radius 3 is 2.44 bits per heavy atom. The number of rotatable bonds is 5. The van der Waals surface area contributed by atoms with E-state index >= 15 is 0 Å². The van der Waals surface area contributed by atoms with Gasteiger partial charge in [-0.1, -0.05) is 30.3 Å². The third-order valence-electron chi connectivity index (χ3n) is 5.41. The Morgan fingerprint density at radius 2 is 1.62 bits per heavy atom. The van der Waals surface area contributed by atoms with Crippen LogP contribution >= 0.6 is 0 Å². The van der Waals surface area contributed by atoms with Gasteiger partial charge in [0.25, 0.3) is 5.91 Å². The van der Waals surface area contributed by atoms with Crippen LogP contribution in [-0.2, 0) is 13.0 Å². The predicted octanol–water partition coefficient (Wildman–Crippen LogP) is 2.92. The fourth-order valence-corrected chi connectivity index (χ4v) is 3.77. The maximum atomic E-state index is 12.8. The molecule has 2 heterocycles. The molecular formula is C24H18N4O4. The van der Waals surface area contributed by atoms with Crippen LogP contribution in [0.1, 0.15) is 15.9 Å². The second kappa shape index (κ2) is 7.66. The fourth-order valence-electron chi connectivity index (χ4n) is 3.77. The molecule has 8 nitrogen and oxygen atoms in total. The minimum atomic E-state index is -0.569. The molecule has 0 unspecified atom stereocenters. The van der Waals surface area contributed by atoms with Gasteiger partial charge in [0.05, 0.1) is 10.7 Å². The summed E-state index contributed by atoms with van der Waals surface area (Å²) in [7, 11) is 0. The van der Waals surface area contributed by atoms with Gasteiger partial charge in [0.15, 0.2) is 0 Å². The van der Waals surface area contributed by atoms with Crippen LogP contribution in [-0.4, -0.2) is 26.7 Å². The largest absolute Gasteiger partial charge is 0.494 e. The Bertz CT molecular complexity index is 1510. The van der Waals surface area contributed by atoms with Gasteiger partial charge in [-0.25, -0.2) is 4.79 Å². The highest BCUT2D eigenvalue weighted by molar-refractivity contribution is 6.07. The molecule has 1 aliphatic heterocycles. The molecule has 32 heavy (non-hydrogen) atoms. The van der Waals surface area contributed by atoms with Gasteiger partial charge in [0.2, 0.25) is 11.8 Å². The van der Waals surface area contributed by atoms with E-state index in [2.05, 4.69) is 15.3 Å². The highest BCUT2D eigenvalue weighted by Gasteiger charge is 2.18. The van der Waals surface area contributed by atoms with E-state index in [1.54, 1.807) is 30.3 Å². The summed E-state index contributed by atoms with van der Waals surface area (Å²) in [5, 5.41) is 25.7. The normalized spacial score (nSPS) is 12.3. The lowest BCUT2D eigenvalue weighted by Crippen LogP contribution is -2.22. The van der Waals surface area contributed by atoms with E-state index in [4.69, 9.17) is 0 Å². The number of carbonyl (C=O) groups excluding carboxylic acids is 2. The lowest BCUT2D eigenvalue weighted by atomic mass is 10.1. The van der Waals surface area contributed by atoms with Crippen molar-refractivity contribution in [3.05, 3.63) is 88.6 Å². The van der Waals surface area contributed by atoms with Crippen molar-refractivity contribution >= 4 is 28.4 Å². The molecule has 0 radical (unpaired) electrons. The first-order chi connectivity index (χ1) is 15.5. The standard InChI is InChI=1S/C24H18N4O4/c29-21(25-16-7-9-19-20(13-16)27-24(32)26-19)15-6-8-17-18(12-15)23(31)28(22(17)30)11-10-14-4-2-1-3-5-14/h1-9,12-13,30-31H,10-11H2,(H,25,29). The summed E-state index contributed by atoms with van der Waals surface area (Å²) in [6, 6.07) is 18.7. The van der Waals surface area contributed by atoms with Crippen molar-refractivity contribution in [1.29, 1.82) is 0 Å². The molecule has 3 aromatic carbocycles. The number of fused-ring (bicyclic) bond motifs is 2. The van der Waals surface area contributed by atoms with Gasteiger partial charge in [-0.3, -0.25) is 9.36 Å². The van der Waals surface area contributed by atoms with Gasteiger partial charge in [-0.2, -0.15) is 9.98 Å². The van der Waals surface area contributed by atoms with Crippen LogP contribution < -0.4 is 16.0 Å². The zero-order valence-electron chi connectivity index (χ0n) is 16.8. The summed E-state index contributed by atoms with van der Waals surface area (Å²) in [4.78, 5) is 31.6. The molecule has 8 heteroatoms. The topological polar surface area (TPSA) is 116 Å². The average molecular weight is 426 g/mol. The Balaban J connectivity index is 1.41. The van der Waals surface area contributed by atoms with Crippen molar-refractivity contribution in [2.75, 3.05) is 5.32 Å². The predicted molar refractivity (Wildman–Crippen MR) is 118 cm³/mol. The number of nitrogens with one attached hydrogen (secondary N) is 1. The van der Waals surface area contributed by atoms with Crippen LogP contribution in [0, 0.1) is 0 Å². The molecule has 0 saturated carbocycles. The number of anilines is 1. The first kappa shape index (κ1) is 19.5. The molecule has 3 amide bonds. The van der Waals surface area contributed by atoms with Gasteiger partial charge in [0, 0.05) is 28.6 Å². The summed E-state index contributed by atoms with van der Waals surface area (Å²) in [6.45, 7) is 0.389. The van der Waals surface area contributed by atoms with Gasteiger partial charge >= 0.3 is 6.03 Å². The average Bonchev–Trinajstić information content (AvgIpc) is 3.28. The van der Waals surface area contributed by atoms with Crippen molar-refractivity contribution in [3.63, 3.8) is 0 Å². The van der Waals surface area contributed by atoms with Gasteiger partial charge in [-0.05, 0) is 48.4 Å². The number of amides is 3. The van der Waals surface area contributed by atoms with Crippen molar-refractivity contribution in [1.82, 2.24) is 4.57 Å². The molecule has 0 bridgehead atoms. The Morgan fingerprint density at radius 1 is 0.875 bits per heavy atom. The summed E-state index contributed by atoms with van der Waals surface area (Å²) < 4.78 is 1.43. The molecule has 0 spiro atoms. The Labute approximate surface area is 181 Å². The summed E-state index contributed by atoms with van der Waals surface area (Å²) in [5.41, 5.74) is 1.86. The number of carbonyl (C=O) groups is 2. The number of benzene rings is 3. The summed E-state index contributed by atoms with van der Waals surface area (Å²) in [6.07, 6.45) is 0.633. The number of nitrogens with zero attached hydrogens (tertiary/aromatic N) is 3. The molecule has 158 valence electrons. The van der Waals surface area contributed by atoms with Crippen molar-refractivity contribution in [3.8, 4) is 11.8 Å². The number of aryl methyl sites for hydroxylation is 1. The van der Waals surface area contributed by atoms with E-state index in [0.717, 1.165) is 5.56 Å². The summed E-state index contributed by atoms with van der Waals surface area (Å²) in [5.74, 6) is -0.544. The van der Waals surface area contributed by atoms with Gasteiger partial charge in [0.1, 0.15) is 0 Å². The minimum absolute atomic E-state index is 0.0472. The van der Waals surface area contributed by atoms with Crippen LogP contribution in [0.2, 0.25) is 0 Å². The first-order valence-electron chi connectivity index (χ1n) is 10.0. The molecule has 1 aromatic heterocycles. The highest BCUT2D eigenvalue weighted by atomic mass is 16.3. The molecule has 4 aromatic rings. The van der Waals surface area contributed by atoms with Gasteiger partial charge in [-0.15, -0.1) is 0 Å². The van der Waals surface area contributed by atoms with E-state index in [0.29, 0.717) is 45.7 Å². The van der Waals surface area contributed by atoms with E-state index < -0.39 is 11.9 Å². The maximum absolute atomic E-state index is 12.8. The van der Waals surface area contributed by atoms with Crippen LogP contribution in [0.15, 0.2) is 76.7 Å². The molecule has 3 N–H and O–H groups in total. The van der Waals surface area contributed by atoms with Crippen LogP contribution in [0.25, 0.3) is 10.8 Å². The number of urea groups is 1. The fraction of sp³-hybridized carbons (Fsp3) is 0.0833. The molecule has 5 rings (SSSR count). The molecule has 1 aliphatic rings. The first-order valence-corrected chi connectivity index (χ1v) is 10.0.